The lowest BCUT2D eigenvalue weighted by Gasteiger charge is -2.33. The van der Waals surface area contributed by atoms with Crippen LogP contribution in [0.25, 0.3) is 10.8 Å². The Balaban J connectivity index is 1.35. The molecule has 0 spiro atoms. The maximum absolute atomic E-state index is 13.0. The van der Waals surface area contributed by atoms with E-state index in [2.05, 4.69) is 0 Å². The zero-order valence-electron chi connectivity index (χ0n) is 17.0. The number of thiophene rings is 1. The summed E-state index contributed by atoms with van der Waals surface area (Å²) in [4.78, 5) is 26.7. The SMILES string of the molecule is Cc1ccsc1C(=O)OCC(=O)N1CCN(S(=O)(=O)c2ccc3ccccc3c2)CC1. The molecule has 0 radical (unpaired) electrons. The van der Waals surface area contributed by atoms with Gasteiger partial charge in [0.15, 0.2) is 6.61 Å². The highest BCUT2D eigenvalue weighted by molar-refractivity contribution is 7.89. The second kappa shape index (κ2) is 8.78. The Kier molecular flexibility index (Phi) is 6.08. The van der Waals surface area contributed by atoms with Crippen molar-refractivity contribution in [3.63, 3.8) is 0 Å². The van der Waals surface area contributed by atoms with Crippen LogP contribution in [-0.2, 0) is 19.6 Å². The number of carbonyl (C=O) groups excluding carboxylic acids is 2. The normalized spacial score (nSPS) is 15.2. The average Bonchev–Trinajstić information content (AvgIpc) is 3.23. The number of hydrogen-bond acceptors (Lipinski definition) is 6. The number of aryl methyl sites for hydroxylation is 1. The number of amides is 1. The van der Waals surface area contributed by atoms with Gasteiger partial charge in [-0.1, -0.05) is 30.3 Å². The van der Waals surface area contributed by atoms with Crippen LogP contribution in [-0.4, -0.2) is 62.3 Å². The van der Waals surface area contributed by atoms with Gasteiger partial charge in [0.05, 0.1) is 4.90 Å². The Labute approximate surface area is 184 Å². The number of hydrogen-bond donors (Lipinski definition) is 0. The molecule has 0 bridgehead atoms. The fraction of sp³-hybridized carbons (Fsp3) is 0.273. The van der Waals surface area contributed by atoms with E-state index in [1.165, 1.54) is 20.5 Å². The lowest BCUT2D eigenvalue weighted by atomic mass is 10.1. The van der Waals surface area contributed by atoms with Crippen molar-refractivity contribution >= 4 is 44.0 Å². The van der Waals surface area contributed by atoms with E-state index in [1.807, 2.05) is 37.3 Å². The summed E-state index contributed by atoms with van der Waals surface area (Å²) < 4.78 is 32.6. The second-order valence-corrected chi connectivity index (χ2v) is 10.2. The van der Waals surface area contributed by atoms with E-state index in [1.54, 1.807) is 23.6 Å². The van der Waals surface area contributed by atoms with Crippen LogP contribution in [0.5, 0.6) is 0 Å². The molecular weight excluding hydrogens is 436 g/mol. The molecule has 1 aliphatic rings. The number of fused-ring (bicyclic) bond motifs is 1. The minimum absolute atomic E-state index is 0.193. The molecule has 1 amide bonds. The first-order valence-corrected chi connectivity index (χ1v) is 12.2. The predicted octanol–water partition coefficient (Wildman–Crippen LogP) is 2.90. The first kappa shape index (κ1) is 21.5. The Morgan fingerprint density at radius 2 is 1.71 bits per heavy atom. The fourth-order valence-electron chi connectivity index (χ4n) is 3.52. The number of carbonyl (C=O) groups is 2. The molecule has 1 aromatic heterocycles. The number of esters is 1. The third-order valence-electron chi connectivity index (χ3n) is 5.32. The van der Waals surface area contributed by atoms with Crippen LogP contribution in [0.2, 0.25) is 0 Å². The van der Waals surface area contributed by atoms with Crippen LogP contribution in [0.4, 0.5) is 0 Å². The van der Waals surface area contributed by atoms with Gasteiger partial charge in [-0.25, -0.2) is 13.2 Å². The molecule has 0 N–H and O–H groups in total. The van der Waals surface area contributed by atoms with Crippen molar-refractivity contribution < 1.29 is 22.7 Å². The summed E-state index contributed by atoms with van der Waals surface area (Å²) >= 11 is 1.27. The fourth-order valence-corrected chi connectivity index (χ4v) is 5.80. The quantitative estimate of drug-likeness (QED) is 0.549. The number of ether oxygens (including phenoxy) is 1. The van der Waals surface area contributed by atoms with Crippen LogP contribution in [0, 0.1) is 6.92 Å². The molecule has 1 fully saturated rings. The summed E-state index contributed by atoms with van der Waals surface area (Å²) in [7, 11) is -3.65. The summed E-state index contributed by atoms with van der Waals surface area (Å²) in [5.74, 6) is -0.844. The van der Waals surface area contributed by atoms with Crippen molar-refractivity contribution in [2.45, 2.75) is 11.8 Å². The van der Waals surface area contributed by atoms with Crippen molar-refractivity contribution in [1.82, 2.24) is 9.21 Å². The van der Waals surface area contributed by atoms with Gasteiger partial charge in [-0.05, 0) is 46.8 Å². The Bertz CT molecular complexity index is 1230. The molecule has 0 unspecified atom stereocenters. The molecule has 3 aromatic rings. The highest BCUT2D eigenvalue weighted by Gasteiger charge is 2.30. The molecule has 31 heavy (non-hydrogen) atoms. The minimum atomic E-state index is -3.65. The van der Waals surface area contributed by atoms with Crippen LogP contribution < -0.4 is 0 Å². The summed E-state index contributed by atoms with van der Waals surface area (Å²) in [5.41, 5.74) is 0.815. The summed E-state index contributed by atoms with van der Waals surface area (Å²) in [6, 6.07) is 14.5. The van der Waals surface area contributed by atoms with Gasteiger partial charge in [0.25, 0.3) is 5.91 Å². The summed E-state index contributed by atoms with van der Waals surface area (Å²) in [6.45, 7) is 2.35. The zero-order valence-corrected chi connectivity index (χ0v) is 18.6. The summed E-state index contributed by atoms with van der Waals surface area (Å²) in [6.07, 6.45) is 0. The lowest BCUT2D eigenvalue weighted by Crippen LogP contribution is -2.51. The molecule has 162 valence electrons. The minimum Gasteiger partial charge on any atom is -0.451 e. The van der Waals surface area contributed by atoms with Gasteiger partial charge < -0.3 is 9.64 Å². The van der Waals surface area contributed by atoms with Gasteiger partial charge in [0.2, 0.25) is 10.0 Å². The van der Waals surface area contributed by atoms with Gasteiger partial charge in [-0.3, -0.25) is 4.79 Å². The topological polar surface area (TPSA) is 84.0 Å². The highest BCUT2D eigenvalue weighted by Crippen LogP contribution is 2.23. The van der Waals surface area contributed by atoms with Crippen LogP contribution in [0.15, 0.2) is 58.8 Å². The van der Waals surface area contributed by atoms with E-state index < -0.39 is 16.0 Å². The molecule has 1 aliphatic heterocycles. The van der Waals surface area contributed by atoms with Crippen molar-refractivity contribution in [3.05, 3.63) is 64.4 Å². The first-order valence-electron chi connectivity index (χ1n) is 9.84. The molecule has 0 saturated carbocycles. The molecule has 2 heterocycles. The second-order valence-electron chi connectivity index (χ2n) is 7.30. The monoisotopic (exact) mass is 458 g/mol. The maximum atomic E-state index is 13.0. The Morgan fingerprint density at radius 3 is 2.39 bits per heavy atom. The molecule has 0 aliphatic carbocycles. The number of nitrogens with zero attached hydrogens (tertiary/aromatic N) is 2. The smallest absolute Gasteiger partial charge is 0.349 e. The Hall–Kier alpha value is -2.75. The molecule has 2 aromatic carbocycles. The number of sulfonamides is 1. The van der Waals surface area contributed by atoms with Crippen molar-refractivity contribution in [1.29, 1.82) is 0 Å². The number of piperazine rings is 1. The highest BCUT2D eigenvalue weighted by atomic mass is 32.2. The predicted molar refractivity (Wildman–Crippen MR) is 119 cm³/mol. The lowest BCUT2D eigenvalue weighted by molar-refractivity contribution is -0.135. The summed E-state index contributed by atoms with van der Waals surface area (Å²) in [5, 5.41) is 3.63. The molecule has 9 heteroatoms. The van der Waals surface area contributed by atoms with Gasteiger partial charge in [-0.2, -0.15) is 4.31 Å². The molecular formula is C22H22N2O5S2. The Morgan fingerprint density at radius 1 is 1.00 bits per heavy atom. The third-order valence-corrected chi connectivity index (χ3v) is 8.22. The van der Waals surface area contributed by atoms with E-state index >= 15 is 0 Å². The maximum Gasteiger partial charge on any atom is 0.349 e. The van der Waals surface area contributed by atoms with Crippen LogP contribution in [0.3, 0.4) is 0 Å². The first-order chi connectivity index (χ1) is 14.9. The van der Waals surface area contributed by atoms with Gasteiger partial charge in [0, 0.05) is 26.2 Å². The standard InChI is InChI=1S/C22H22N2O5S2/c1-16-8-13-30-21(16)22(26)29-15-20(25)23-9-11-24(12-10-23)31(27,28)19-7-6-17-4-2-3-5-18(17)14-19/h2-8,13-14H,9-12,15H2,1H3. The number of benzene rings is 2. The van der Waals surface area contributed by atoms with Crippen molar-refractivity contribution in [3.8, 4) is 0 Å². The van der Waals surface area contributed by atoms with Gasteiger partial charge in [0.1, 0.15) is 4.88 Å². The molecule has 4 rings (SSSR count). The van der Waals surface area contributed by atoms with Gasteiger partial charge in [-0.15, -0.1) is 11.3 Å². The van der Waals surface area contributed by atoms with E-state index in [0.717, 1.165) is 16.3 Å². The van der Waals surface area contributed by atoms with Gasteiger partial charge >= 0.3 is 5.97 Å². The number of rotatable bonds is 5. The van der Waals surface area contributed by atoms with E-state index in [4.69, 9.17) is 4.74 Å². The molecule has 0 atom stereocenters. The van der Waals surface area contributed by atoms with Crippen molar-refractivity contribution in [2.24, 2.45) is 0 Å². The zero-order chi connectivity index (χ0) is 22.0. The van der Waals surface area contributed by atoms with Crippen LogP contribution >= 0.6 is 11.3 Å². The molecule has 7 nitrogen and oxygen atoms in total. The van der Waals surface area contributed by atoms with E-state index in [0.29, 0.717) is 4.88 Å². The van der Waals surface area contributed by atoms with E-state index in [-0.39, 0.29) is 43.6 Å². The molecule has 1 saturated heterocycles. The average molecular weight is 459 g/mol. The van der Waals surface area contributed by atoms with Crippen molar-refractivity contribution in [2.75, 3.05) is 32.8 Å². The van der Waals surface area contributed by atoms with E-state index in [9.17, 15) is 18.0 Å². The largest absolute Gasteiger partial charge is 0.451 e. The third kappa shape index (κ3) is 4.48. The van der Waals surface area contributed by atoms with Crippen LogP contribution in [0.1, 0.15) is 15.2 Å².